The summed E-state index contributed by atoms with van der Waals surface area (Å²) in [5.74, 6) is -0.851. The lowest BCUT2D eigenvalue weighted by Gasteiger charge is -2.04. The molecule has 0 aliphatic heterocycles. The van der Waals surface area contributed by atoms with Gasteiger partial charge in [-0.1, -0.05) is 18.5 Å². The quantitative estimate of drug-likeness (QED) is 0.738. The van der Waals surface area contributed by atoms with Crippen LogP contribution in [0.3, 0.4) is 0 Å². The molecule has 6 nitrogen and oxygen atoms in total. The third-order valence-electron chi connectivity index (χ3n) is 2.60. The number of carbonyl (C=O) groups is 1. The Morgan fingerprint density at radius 1 is 1.48 bits per heavy atom. The Bertz CT molecular complexity index is 763. The molecule has 1 aromatic carbocycles. The molecule has 0 unspecified atom stereocenters. The van der Waals surface area contributed by atoms with Crippen molar-refractivity contribution in [3.05, 3.63) is 33.7 Å². The number of rotatable bonds is 4. The first-order valence-electron chi connectivity index (χ1n) is 5.86. The highest BCUT2D eigenvalue weighted by molar-refractivity contribution is 7.72. The predicted octanol–water partition coefficient (Wildman–Crippen LogP) is 2.29. The zero-order valence-electron chi connectivity index (χ0n) is 10.8. The van der Waals surface area contributed by atoms with E-state index in [1.165, 1.54) is 18.2 Å². The van der Waals surface area contributed by atoms with Gasteiger partial charge < -0.3 is 5.11 Å². The molecule has 21 heavy (non-hydrogen) atoms. The minimum Gasteiger partial charge on any atom is -0.507 e. The Hall–Kier alpha value is -1.64. The molecule has 0 aliphatic carbocycles. The average Bonchev–Trinajstić information content (AvgIpc) is 2.81. The normalized spacial score (nSPS) is 10.8. The van der Waals surface area contributed by atoms with Gasteiger partial charge in [-0.05, 0) is 24.6 Å². The van der Waals surface area contributed by atoms with E-state index in [9.17, 15) is 18.3 Å². The third-order valence-corrected chi connectivity index (χ3v) is 4.81. The fourth-order valence-corrected chi connectivity index (χ4v) is 3.56. The number of phenols is 1. The molecule has 0 spiro atoms. The largest absolute Gasteiger partial charge is 0.507 e. The Kier molecular flexibility index (Phi) is 4.81. The molecule has 0 atom stereocenters. The first kappa shape index (κ1) is 15.7. The minimum atomic E-state index is -2.81. The summed E-state index contributed by atoms with van der Waals surface area (Å²) < 4.78 is 22.1. The van der Waals surface area contributed by atoms with E-state index in [0.29, 0.717) is 16.3 Å². The van der Waals surface area contributed by atoms with Crippen LogP contribution in [0.4, 0.5) is 5.13 Å². The molecule has 0 aliphatic rings. The van der Waals surface area contributed by atoms with Crippen molar-refractivity contribution in [2.24, 2.45) is 0 Å². The van der Waals surface area contributed by atoms with E-state index in [-0.39, 0.29) is 21.5 Å². The van der Waals surface area contributed by atoms with Gasteiger partial charge in [0.05, 0.1) is 5.56 Å². The highest BCUT2D eigenvalue weighted by Gasteiger charge is 2.16. The molecule has 1 heterocycles. The smallest absolute Gasteiger partial charge is 0.261 e. The summed E-state index contributed by atoms with van der Waals surface area (Å²) >= 11 is 6.78. The van der Waals surface area contributed by atoms with Crippen molar-refractivity contribution in [1.82, 2.24) is 4.98 Å². The van der Waals surface area contributed by atoms with E-state index >= 15 is 0 Å². The number of nitrogens with one attached hydrogen (secondary N) is 1. The number of amides is 1. The Morgan fingerprint density at radius 2 is 2.19 bits per heavy atom. The van der Waals surface area contributed by atoms with Crippen molar-refractivity contribution in [3.63, 3.8) is 0 Å². The van der Waals surface area contributed by atoms with Gasteiger partial charge in [0, 0.05) is 9.90 Å². The molecule has 9 heteroatoms. The van der Waals surface area contributed by atoms with Crippen LogP contribution in [0.5, 0.6) is 5.75 Å². The van der Waals surface area contributed by atoms with Gasteiger partial charge in [0.15, 0.2) is 20.9 Å². The number of phenolic OH excluding ortho intramolecular Hbond substituents is 1. The second kappa shape index (κ2) is 6.42. The van der Waals surface area contributed by atoms with Crippen molar-refractivity contribution < 1.29 is 18.3 Å². The van der Waals surface area contributed by atoms with Crippen molar-refractivity contribution in [2.75, 3.05) is 5.32 Å². The molecule has 0 saturated carbocycles. The van der Waals surface area contributed by atoms with Crippen molar-refractivity contribution in [1.29, 1.82) is 0 Å². The summed E-state index contributed by atoms with van der Waals surface area (Å²) in [5.41, 5.74) is 0.0284. The van der Waals surface area contributed by atoms with Crippen LogP contribution in [0, 0.1) is 0 Å². The van der Waals surface area contributed by atoms with Crippen molar-refractivity contribution >= 4 is 44.7 Å². The lowest BCUT2D eigenvalue weighted by Crippen LogP contribution is -2.11. The SMILES string of the molecule is CCc1sc(NC(=O)c2ccc(Cl)cc2O)nc1[SH](=O)=O. The van der Waals surface area contributed by atoms with Crippen LogP contribution in [0.25, 0.3) is 0 Å². The maximum absolute atomic E-state index is 12.0. The van der Waals surface area contributed by atoms with Gasteiger partial charge >= 0.3 is 0 Å². The highest BCUT2D eigenvalue weighted by atomic mass is 35.5. The summed E-state index contributed by atoms with van der Waals surface area (Å²) in [4.78, 5) is 16.5. The molecule has 0 saturated heterocycles. The van der Waals surface area contributed by atoms with Crippen LogP contribution in [0.1, 0.15) is 22.2 Å². The molecule has 0 radical (unpaired) electrons. The molecule has 2 aromatic rings. The number of aromatic nitrogens is 1. The lowest BCUT2D eigenvalue weighted by atomic mass is 10.2. The van der Waals surface area contributed by atoms with Crippen LogP contribution < -0.4 is 5.32 Å². The Balaban J connectivity index is 2.27. The molecule has 112 valence electrons. The van der Waals surface area contributed by atoms with E-state index in [2.05, 4.69) is 10.3 Å². The van der Waals surface area contributed by atoms with E-state index in [4.69, 9.17) is 11.6 Å². The van der Waals surface area contributed by atoms with E-state index < -0.39 is 16.6 Å². The van der Waals surface area contributed by atoms with Gasteiger partial charge in [-0.2, -0.15) is 0 Å². The summed E-state index contributed by atoms with van der Waals surface area (Å²) in [5, 5.41) is 12.6. The van der Waals surface area contributed by atoms with Gasteiger partial charge in [-0.15, -0.1) is 11.3 Å². The second-order valence-corrected chi connectivity index (χ2v) is 6.45. The van der Waals surface area contributed by atoms with Crippen molar-refractivity contribution in [2.45, 2.75) is 18.4 Å². The fourth-order valence-electron chi connectivity index (χ4n) is 1.63. The number of hydrogen-bond acceptors (Lipinski definition) is 6. The number of anilines is 1. The number of aromatic hydroxyl groups is 1. The molecule has 2 rings (SSSR count). The van der Waals surface area contributed by atoms with Gasteiger partial charge in [0.2, 0.25) is 0 Å². The standard InChI is InChI=1S/C12H11ClN2O4S2/c1-2-9-11(21(18)19)15-12(20-9)14-10(17)7-4-3-6(13)5-8(7)16/h3-5,16,21H,2H2,1H3,(H,14,15,17). The summed E-state index contributed by atoms with van der Waals surface area (Å²) in [6.07, 6.45) is 0.498. The Labute approximate surface area is 131 Å². The maximum Gasteiger partial charge on any atom is 0.261 e. The number of benzene rings is 1. The molecule has 0 bridgehead atoms. The minimum absolute atomic E-state index is 0.0284. The highest BCUT2D eigenvalue weighted by Crippen LogP contribution is 2.27. The molecule has 1 aromatic heterocycles. The topological polar surface area (TPSA) is 96.4 Å². The van der Waals surface area contributed by atoms with Crippen LogP contribution in [-0.4, -0.2) is 24.4 Å². The van der Waals surface area contributed by atoms with E-state index in [1.807, 2.05) is 0 Å². The molecular formula is C12H11ClN2O4S2. The number of thiazole rings is 1. The summed E-state index contributed by atoms with van der Waals surface area (Å²) in [7, 11) is -2.81. The van der Waals surface area contributed by atoms with Gasteiger partial charge in [0.25, 0.3) is 5.91 Å². The third kappa shape index (κ3) is 3.52. The van der Waals surface area contributed by atoms with Crippen molar-refractivity contribution in [3.8, 4) is 5.75 Å². The van der Waals surface area contributed by atoms with Crippen LogP contribution in [0.2, 0.25) is 5.02 Å². The Morgan fingerprint density at radius 3 is 2.71 bits per heavy atom. The lowest BCUT2D eigenvalue weighted by molar-refractivity contribution is 0.102. The average molecular weight is 347 g/mol. The summed E-state index contributed by atoms with van der Waals surface area (Å²) in [6.45, 7) is 1.80. The zero-order valence-corrected chi connectivity index (χ0v) is 13.3. The summed E-state index contributed by atoms with van der Waals surface area (Å²) in [6, 6.07) is 4.08. The van der Waals surface area contributed by atoms with Gasteiger partial charge in [0.1, 0.15) is 5.75 Å². The number of nitrogens with zero attached hydrogens (tertiary/aromatic N) is 1. The maximum atomic E-state index is 12.0. The number of aryl methyl sites for hydroxylation is 1. The van der Waals surface area contributed by atoms with E-state index in [0.717, 1.165) is 11.3 Å². The van der Waals surface area contributed by atoms with E-state index in [1.54, 1.807) is 6.92 Å². The predicted molar refractivity (Wildman–Crippen MR) is 81.1 cm³/mol. The monoisotopic (exact) mass is 346 g/mol. The zero-order chi connectivity index (χ0) is 15.6. The van der Waals surface area contributed by atoms with Gasteiger partial charge in [-0.3, -0.25) is 10.1 Å². The van der Waals surface area contributed by atoms with Crippen LogP contribution in [0.15, 0.2) is 23.2 Å². The number of carbonyl (C=O) groups excluding carboxylic acids is 1. The first-order chi connectivity index (χ1) is 9.92. The molecular weight excluding hydrogens is 336 g/mol. The van der Waals surface area contributed by atoms with Crippen LogP contribution >= 0.6 is 22.9 Å². The first-order valence-corrected chi connectivity index (χ1v) is 8.23. The number of thiol groups is 1. The van der Waals surface area contributed by atoms with Gasteiger partial charge in [-0.25, -0.2) is 13.4 Å². The second-order valence-electron chi connectivity index (χ2n) is 3.99. The number of hydrogen-bond donors (Lipinski definition) is 3. The molecule has 2 N–H and O–H groups in total. The van der Waals surface area contributed by atoms with Crippen LogP contribution in [-0.2, 0) is 17.1 Å². The fraction of sp³-hybridized carbons (Fsp3) is 0.167. The molecule has 0 fully saturated rings. The molecule has 1 amide bonds. The number of halogens is 1.